The molecule has 5 nitrogen and oxygen atoms in total. The highest BCUT2D eigenvalue weighted by molar-refractivity contribution is 5.96. The van der Waals surface area contributed by atoms with Gasteiger partial charge in [0.25, 0.3) is 0 Å². The number of nitrogens with zero attached hydrogens (tertiary/aromatic N) is 1. The zero-order valence-electron chi connectivity index (χ0n) is 14.6. The summed E-state index contributed by atoms with van der Waals surface area (Å²) in [4.78, 5) is 28.5. The normalized spacial score (nSPS) is 16.1. The van der Waals surface area contributed by atoms with Gasteiger partial charge >= 0.3 is 0 Å². The minimum atomic E-state index is -0.674. The summed E-state index contributed by atoms with van der Waals surface area (Å²) in [7, 11) is 0. The van der Waals surface area contributed by atoms with Crippen LogP contribution < -0.4 is 5.32 Å². The number of amides is 1. The molecule has 0 aliphatic carbocycles. The van der Waals surface area contributed by atoms with Crippen molar-refractivity contribution in [1.29, 1.82) is 0 Å². The molecule has 1 aromatic heterocycles. The van der Waals surface area contributed by atoms with Crippen LogP contribution in [-0.4, -0.2) is 29.9 Å². The fourth-order valence-corrected chi connectivity index (χ4v) is 3.21. The van der Waals surface area contributed by atoms with Crippen molar-refractivity contribution in [3.8, 4) is 0 Å². The minimum Gasteiger partial charge on any atom is -0.381 e. The molecule has 0 atom stereocenters. The van der Waals surface area contributed by atoms with Gasteiger partial charge in [0.15, 0.2) is 5.78 Å². The summed E-state index contributed by atoms with van der Waals surface area (Å²) in [6.07, 6.45) is 2.99. The van der Waals surface area contributed by atoms with Crippen molar-refractivity contribution in [2.75, 3.05) is 18.5 Å². The standard InChI is InChI=1S/C20H21FN2O3/c1-14(24)16-5-6-18(22-13-16)23-19(25)20(7-9-26-10-8-20)12-15-3-2-4-17(21)11-15/h2-6,11,13H,7-10,12H2,1H3,(H,22,23,25). The van der Waals surface area contributed by atoms with E-state index in [0.717, 1.165) is 5.56 Å². The maximum atomic E-state index is 13.5. The van der Waals surface area contributed by atoms with Crippen molar-refractivity contribution in [3.63, 3.8) is 0 Å². The maximum absolute atomic E-state index is 13.5. The zero-order chi connectivity index (χ0) is 18.6. The molecule has 1 aliphatic heterocycles. The van der Waals surface area contributed by atoms with E-state index in [0.29, 0.717) is 43.9 Å². The van der Waals surface area contributed by atoms with Crippen LogP contribution in [0.25, 0.3) is 0 Å². The van der Waals surface area contributed by atoms with Crippen molar-refractivity contribution in [2.45, 2.75) is 26.2 Å². The van der Waals surface area contributed by atoms with Crippen LogP contribution in [0, 0.1) is 11.2 Å². The van der Waals surface area contributed by atoms with Crippen LogP contribution in [0.2, 0.25) is 0 Å². The molecule has 26 heavy (non-hydrogen) atoms. The number of aromatic nitrogens is 1. The molecule has 136 valence electrons. The summed E-state index contributed by atoms with van der Waals surface area (Å²) in [6.45, 7) is 2.43. The monoisotopic (exact) mass is 356 g/mol. The summed E-state index contributed by atoms with van der Waals surface area (Å²) in [5, 5.41) is 2.84. The van der Waals surface area contributed by atoms with Gasteiger partial charge in [0, 0.05) is 25.0 Å². The van der Waals surface area contributed by atoms with E-state index in [2.05, 4.69) is 10.3 Å². The molecule has 3 rings (SSSR count). The number of Topliss-reactive ketones (excluding diaryl/α,β-unsaturated/α-hetero) is 1. The number of hydrogen-bond donors (Lipinski definition) is 1. The van der Waals surface area contributed by atoms with Crippen molar-refractivity contribution in [3.05, 3.63) is 59.5 Å². The summed E-state index contributed by atoms with van der Waals surface area (Å²) in [6, 6.07) is 9.58. The van der Waals surface area contributed by atoms with E-state index < -0.39 is 5.41 Å². The molecule has 1 N–H and O–H groups in total. The lowest BCUT2D eigenvalue weighted by Crippen LogP contribution is -2.43. The SMILES string of the molecule is CC(=O)c1ccc(NC(=O)C2(Cc3cccc(F)c3)CCOCC2)nc1. The molecular weight excluding hydrogens is 335 g/mol. The van der Waals surface area contributed by atoms with Gasteiger partial charge in [-0.1, -0.05) is 12.1 Å². The van der Waals surface area contributed by atoms with E-state index in [1.807, 2.05) is 6.07 Å². The third-order valence-corrected chi connectivity index (χ3v) is 4.77. The zero-order valence-corrected chi connectivity index (χ0v) is 14.6. The van der Waals surface area contributed by atoms with Crippen molar-refractivity contribution in [2.24, 2.45) is 5.41 Å². The largest absolute Gasteiger partial charge is 0.381 e. The predicted molar refractivity (Wildman–Crippen MR) is 95.5 cm³/mol. The summed E-state index contributed by atoms with van der Waals surface area (Å²) >= 11 is 0. The van der Waals surface area contributed by atoms with Crippen LogP contribution in [0.15, 0.2) is 42.6 Å². The Bertz CT molecular complexity index is 799. The van der Waals surface area contributed by atoms with Gasteiger partial charge in [-0.25, -0.2) is 9.37 Å². The average molecular weight is 356 g/mol. The van der Waals surface area contributed by atoms with E-state index in [1.54, 1.807) is 18.2 Å². The third-order valence-electron chi connectivity index (χ3n) is 4.77. The van der Waals surface area contributed by atoms with Gasteiger partial charge < -0.3 is 10.1 Å². The van der Waals surface area contributed by atoms with Gasteiger partial charge in [-0.15, -0.1) is 0 Å². The number of anilines is 1. The first-order valence-corrected chi connectivity index (χ1v) is 8.59. The number of rotatable bonds is 5. The summed E-state index contributed by atoms with van der Waals surface area (Å²) in [5.41, 5.74) is 0.595. The Hall–Kier alpha value is -2.60. The second-order valence-corrected chi connectivity index (χ2v) is 6.64. The Kier molecular flexibility index (Phi) is 5.42. The first kappa shape index (κ1) is 18.2. The Balaban J connectivity index is 1.80. The van der Waals surface area contributed by atoms with Gasteiger partial charge in [-0.05, 0) is 56.0 Å². The van der Waals surface area contributed by atoms with E-state index in [4.69, 9.17) is 4.74 Å². The average Bonchev–Trinajstić information content (AvgIpc) is 2.63. The fraction of sp³-hybridized carbons (Fsp3) is 0.350. The smallest absolute Gasteiger partial charge is 0.232 e. The van der Waals surface area contributed by atoms with Gasteiger partial charge in [-0.3, -0.25) is 9.59 Å². The molecule has 0 unspecified atom stereocenters. The van der Waals surface area contributed by atoms with Crippen LogP contribution in [-0.2, 0) is 16.0 Å². The molecule has 0 spiro atoms. The molecular formula is C20H21FN2O3. The quantitative estimate of drug-likeness (QED) is 0.834. The lowest BCUT2D eigenvalue weighted by Gasteiger charge is -2.35. The van der Waals surface area contributed by atoms with Crippen molar-refractivity contribution < 1.29 is 18.7 Å². The number of ketones is 1. The lowest BCUT2D eigenvalue weighted by molar-refractivity contribution is -0.131. The topological polar surface area (TPSA) is 68.3 Å². The Labute approximate surface area is 151 Å². The van der Waals surface area contributed by atoms with E-state index >= 15 is 0 Å². The van der Waals surface area contributed by atoms with Crippen LogP contribution in [0.1, 0.15) is 35.7 Å². The van der Waals surface area contributed by atoms with E-state index in [9.17, 15) is 14.0 Å². The summed E-state index contributed by atoms with van der Waals surface area (Å²) < 4.78 is 19.0. The first-order valence-electron chi connectivity index (χ1n) is 8.59. The van der Waals surface area contributed by atoms with Crippen LogP contribution >= 0.6 is 0 Å². The third kappa shape index (κ3) is 4.14. The highest BCUT2D eigenvalue weighted by Gasteiger charge is 2.40. The van der Waals surface area contributed by atoms with Crippen molar-refractivity contribution >= 4 is 17.5 Å². The number of halogens is 1. The highest BCUT2D eigenvalue weighted by Crippen LogP contribution is 2.35. The lowest BCUT2D eigenvalue weighted by atomic mass is 9.74. The molecule has 1 aliphatic rings. The molecule has 2 heterocycles. The number of nitrogens with one attached hydrogen (secondary N) is 1. The number of benzene rings is 1. The molecule has 0 bridgehead atoms. The van der Waals surface area contributed by atoms with Gasteiger partial charge in [0.1, 0.15) is 11.6 Å². The molecule has 2 aromatic rings. The fourth-order valence-electron chi connectivity index (χ4n) is 3.21. The number of carbonyl (C=O) groups is 2. The van der Waals surface area contributed by atoms with E-state index in [-0.39, 0.29) is 17.5 Å². The second-order valence-electron chi connectivity index (χ2n) is 6.64. The number of hydrogen-bond acceptors (Lipinski definition) is 4. The molecule has 0 radical (unpaired) electrons. The van der Waals surface area contributed by atoms with Gasteiger partial charge in [-0.2, -0.15) is 0 Å². The molecule has 1 aromatic carbocycles. The second kappa shape index (κ2) is 7.74. The van der Waals surface area contributed by atoms with Gasteiger partial charge in [0.2, 0.25) is 5.91 Å². The number of pyridine rings is 1. The molecule has 6 heteroatoms. The van der Waals surface area contributed by atoms with Gasteiger partial charge in [0.05, 0.1) is 5.41 Å². The number of ether oxygens (including phenoxy) is 1. The van der Waals surface area contributed by atoms with Crippen LogP contribution in [0.3, 0.4) is 0 Å². The maximum Gasteiger partial charge on any atom is 0.232 e. The van der Waals surface area contributed by atoms with E-state index in [1.165, 1.54) is 25.3 Å². The predicted octanol–water partition coefficient (Wildman–Crippen LogP) is 3.40. The Morgan fingerprint density at radius 2 is 2.00 bits per heavy atom. The van der Waals surface area contributed by atoms with Crippen LogP contribution in [0.4, 0.5) is 10.2 Å². The molecule has 1 saturated heterocycles. The number of carbonyl (C=O) groups excluding carboxylic acids is 2. The molecule has 1 amide bonds. The first-order chi connectivity index (χ1) is 12.5. The molecule has 0 saturated carbocycles. The highest BCUT2D eigenvalue weighted by atomic mass is 19.1. The van der Waals surface area contributed by atoms with Crippen LogP contribution in [0.5, 0.6) is 0 Å². The minimum absolute atomic E-state index is 0.0811. The molecule has 1 fully saturated rings. The van der Waals surface area contributed by atoms with Crippen molar-refractivity contribution in [1.82, 2.24) is 4.98 Å². The Morgan fingerprint density at radius 1 is 1.23 bits per heavy atom. The summed E-state index contributed by atoms with van der Waals surface area (Å²) in [5.74, 6) is -0.160. The Morgan fingerprint density at radius 3 is 2.62 bits per heavy atom.